The summed E-state index contributed by atoms with van der Waals surface area (Å²) < 4.78 is 3.02. The van der Waals surface area contributed by atoms with Gasteiger partial charge in [-0.2, -0.15) is 17.7 Å². The zero-order valence-electron chi connectivity index (χ0n) is 14.1. The number of rotatable bonds is 1. The van der Waals surface area contributed by atoms with E-state index in [4.69, 9.17) is 20.1 Å². The van der Waals surface area contributed by atoms with E-state index in [-0.39, 0.29) is 0 Å². The molecule has 130 valence electrons. The first-order valence-corrected chi connectivity index (χ1v) is 10.7. The van der Waals surface area contributed by atoms with E-state index >= 15 is 0 Å². The maximum absolute atomic E-state index is 9.09. The van der Waals surface area contributed by atoms with Crippen LogP contribution in [-0.4, -0.2) is 8.53 Å². The second-order valence-corrected chi connectivity index (χ2v) is 7.59. The molecule has 0 amide bonds. The molecule has 2 aromatic carbocycles. The van der Waals surface area contributed by atoms with Crippen LogP contribution in [0.5, 0.6) is 0 Å². The Kier molecular flexibility index (Phi) is 7.38. The second-order valence-electron chi connectivity index (χ2n) is 5.66. The molecule has 0 saturated carbocycles. The van der Waals surface area contributed by atoms with Gasteiger partial charge >= 0.3 is 35.8 Å². The number of hydrogen-bond acceptors (Lipinski definition) is 3. The van der Waals surface area contributed by atoms with E-state index in [1.807, 2.05) is 0 Å². The van der Waals surface area contributed by atoms with Crippen molar-refractivity contribution in [1.29, 1.82) is 0 Å². The molecular weight excluding hydrogens is 498 g/mol. The first-order chi connectivity index (χ1) is 12.7. The van der Waals surface area contributed by atoms with E-state index < -0.39 is 17.6 Å². The minimum absolute atomic E-state index is 0.411. The summed E-state index contributed by atoms with van der Waals surface area (Å²) in [6.07, 6.45) is 9.76. The van der Waals surface area contributed by atoms with Gasteiger partial charge in [-0.15, -0.1) is 16.7 Å². The number of hydrogen-bond donors (Lipinski definition) is 0. The standard InChI is InChI=1S/C19H15.2CO.NO.W/c1-13-10-19-16(11-15-8-4-5-9-17(15)19)12-18(13)14-6-2-3-7-14;3*1-2;/h2-10,14H,11H2,1H3;;;;/q-1;;;-1;. The van der Waals surface area contributed by atoms with Crippen molar-refractivity contribution in [3.8, 4) is 11.1 Å². The molecule has 4 rings (SSSR count). The summed E-state index contributed by atoms with van der Waals surface area (Å²) in [6.45, 7) is 2.20. The minimum atomic E-state index is -1.37. The van der Waals surface area contributed by atoms with Gasteiger partial charge in [0.15, 0.2) is 0 Å². The monoisotopic (exact) mass is 513 g/mol. The summed E-state index contributed by atoms with van der Waals surface area (Å²) in [5.74, 6) is 0.411. The molecule has 2 aliphatic rings. The Morgan fingerprint density at radius 2 is 1.73 bits per heavy atom. The Balaban J connectivity index is 0.000000304. The maximum Gasteiger partial charge on any atom is -0.423 e. The van der Waals surface area contributed by atoms with Crippen LogP contribution in [0, 0.1) is 17.9 Å². The van der Waals surface area contributed by atoms with Gasteiger partial charge in [-0.25, -0.2) is 0 Å². The minimum Gasteiger partial charge on any atom is -0.577 e. The predicted octanol–water partition coefficient (Wildman–Crippen LogP) is 4.10. The van der Waals surface area contributed by atoms with Crippen molar-refractivity contribution in [2.24, 2.45) is 0 Å². The average molecular weight is 513 g/mol. The summed E-state index contributed by atoms with van der Waals surface area (Å²) in [7, 11) is 0. The van der Waals surface area contributed by atoms with Crippen molar-refractivity contribution in [1.82, 2.24) is 0 Å². The summed E-state index contributed by atoms with van der Waals surface area (Å²) in [5.41, 5.74) is 14.0. The van der Waals surface area contributed by atoms with Gasteiger partial charge in [0, 0.05) is 0 Å². The third-order valence-corrected chi connectivity index (χ3v) is 4.83. The predicted molar refractivity (Wildman–Crippen MR) is 97.4 cm³/mol. The van der Waals surface area contributed by atoms with E-state index in [0.717, 1.165) is 6.42 Å². The van der Waals surface area contributed by atoms with Crippen LogP contribution in [0.4, 0.5) is 0 Å². The molecule has 2 aromatic rings. The fourth-order valence-electron chi connectivity index (χ4n) is 3.20. The van der Waals surface area contributed by atoms with Gasteiger partial charge in [0.1, 0.15) is 0 Å². The van der Waals surface area contributed by atoms with Gasteiger partial charge < -0.3 is 10.5 Å². The first-order valence-electron chi connectivity index (χ1n) is 7.82. The van der Waals surface area contributed by atoms with Gasteiger partial charge in [0.05, 0.1) is 0 Å². The van der Waals surface area contributed by atoms with Crippen LogP contribution in [0.1, 0.15) is 28.2 Å². The number of carbonyl (C=O) groups excluding carboxylic acids is 2. The van der Waals surface area contributed by atoms with E-state index in [0.29, 0.717) is 5.92 Å². The van der Waals surface area contributed by atoms with Crippen LogP contribution in [0.25, 0.3) is 16.7 Å². The largest absolute Gasteiger partial charge is 0.577 e. The second kappa shape index (κ2) is 9.75. The topological polar surface area (TPSA) is 73.5 Å². The van der Waals surface area contributed by atoms with Crippen LogP contribution in [-0.2, 0) is 33.7 Å². The molecule has 0 bridgehead atoms. The fraction of sp³-hybridized carbons (Fsp3) is 0.143. The molecule has 0 atom stereocenters. The summed E-state index contributed by atoms with van der Waals surface area (Å²) in [5, 5.41) is 0. The number of aryl methyl sites for hydroxylation is 1. The Hall–Kier alpha value is -2.63. The summed E-state index contributed by atoms with van der Waals surface area (Å²) in [6, 6.07) is 14.7. The van der Waals surface area contributed by atoms with Crippen LogP contribution in [0.3, 0.4) is 0 Å². The first kappa shape index (κ1) is 19.7. The van der Waals surface area contributed by atoms with Crippen molar-refractivity contribution in [3.05, 3.63) is 93.5 Å². The molecule has 0 radical (unpaired) electrons. The third kappa shape index (κ3) is 4.31. The van der Waals surface area contributed by atoms with Gasteiger partial charge in [-0.3, -0.25) is 0 Å². The molecule has 0 fully saturated rings. The Morgan fingerprint density at radius 3 is 2.35 bits per heavy atom. The molecule has 26 heavy (non-hydrogen) atoms. The van der Waals surface area contributed by atoms with Crippen LogP contribution in [0.15, 0.2) is 54.6 Å². The number of allylic oxidation sites excluding steroid dienone is 4. The number of fused-ring (bicyclic) bond motifs is 3. The summed E-state index contributed by atoms with van der Waals surface area (Å²) in [4.78, 5) is 25.4. The molecule has 0 unspecified atom stereocenters. The molecule has 0 N–H and O–H groups in total. The zero-order chi connectivity index (χ0) is 18.9. The van der Waals surface area contributed by atoms with E-state index in [2.05, 4.69) is 67.6 Å². The van der Waals surface area contributed by atoms with Crippen molar-refractivity contribution < 1.29 is 27.2 Å². The number of nitroso groups, excluding NO2 is 1. The van der Waals surface area contributed by atoms with Crippen LogP contribution in [0.2, 0.25) is 0 Å². The smallest absolute Gasteiger partial charge is 0.423 e. The maximum atomic E-state index is 9.09. The Bertz CT molecular complexity index is 953. The zero-order valence-corrected chi connectivity index (χ0v) is 17.0. The average Bonchev–Trinajstić information content (AvgIpc) is 3.32. The quantitative estimate of drug-likeness (QED) is 0.461. The van der Waals surface area contributed by atoms with Crippen molar-refractivity contribution >= 4 is 8.53 Å². The molecule has 0 aromatic heterocycles. The molecule has 0 saturated heterocycles. The molecule has 0 aliphatic heterocycles. The normalized spacial score (nSPS) is 12.5. The number of benzene rings is 2. The molecule has 4 nitrogen and oxygen atoms in total. The van der Waals surface area contributed by atoms with Gasteiger partial charge in [-0.1, -0.05) is 66.6 Å². The van der Waals surface area contributed by atoms with Crippen molar-refractivity contribution in [3.63, 3.8) is 0 Å². The van der Waals surface area contributed by atoms with Crippen molar-refractivity contribution in [2.75, 3.05) is 0 Å². The Labute approximate surface area is 159 Å². The summed E-state index contributed by atoms with van der Waals surface area (Å²) >= 11 is -1.37. The molecule has 0 heterocycles. The molecule has 5 heteroatoms. The van der Waals surface area contributed by atoms with Gasteiger partial charge in [0.25, 0.3) is 0 Å². The van der Waals surface area contributed by atoms with Crippen molar-refractivity contribution in [2.45, 2.75) is 19.3 Å². The van der Waals surface area contributed by atoms with Crippen LogP contribution < -0.4 is 0 Å². The van der Waals surface area contributed by atoms with E-state index in [1.165, 1.54) is 41.9 Å². The van der Waals surface area contributed by atoms with E-state index in [1.54, 1.807) is 0 Å². The Morgan fingerprint density at radius 1 is 1.08 bits per heavy atom. The SMILES string of the molecule is Cc1cc2c([c-]c1C1C=CC=C1)Cc1ccccc1-2.O=[C]=[W]=[C]=O.[N-]=O. The molecule has 2 aliphatic carbocycles. The number of nitrogens with zero attached hydrogens (tertiary/aromatic N) is 1. The molecule has 0 spiro atoms. The van der Waals surface area contributed by atoms with Gasteiger partial charge in [-0.05, 0) is 12.3 Å². The third-order valence-electron chi connectivity index (χ3n) is 4.24. The fourth-order valence-corrected chi connectivity index (χ4v) is 3.33. The van der Waals surface area contributed by atoms with Gasteiger partial charge in [0.2, 0.25) is 0 Å². The van der Waals surface area contributed by atoms with Crippen LogP contribution >= 0.6 is 0 Å². The van der Waals surface area contributed by atoms with E-state index in [9.17, 15) is 0 Å². The molecular formula is C21H15NO3W-2.